The van der Waals surface area contributed by atoms with Crippen molar-refractivity contribution >= 4 is 5.69 Å². The number of hydrogen-bond donors (Lipinski definition) is 0. The Labute approximate surface area is 117 Å². The van der Waals surface area contributed by atoms with Crippen LogP contribution in [0.1, 0.15) is 44.2 Å². The van der Waals surface area contributed by atoms with E-state index in [0.717, 1.165) is 18.5 Å². The van der Waals surface area contributed by atoms with E-state index in [9.17, 15) is 0 Å². The highest BCUT2D eigenvalue weighted by Gasteiger charge is 2.42. The molecule has 2 atom stereocenters. The number of hydrogen-bond acceptors (Lipinski definition) is 2. The van der Waals surface area contributed by atoms with E-state index in [4.69, 9.17) is 0 Å². The predicted molar refractivity (Wildman–Crippen MR) is 82.1 cm³/mol. The van der Waals surface area contributed by atoms with Gasteiger partial charge in [0.2, 0.25) is 0 Å². The van der Waals surface area contributed by atoms with Gasteiger partial charge in [0, 0.05) is 30.9 Å². The lowest BCUT2D eigenvalue weighted by atomic mass is 9.87. The molecular formula is C17H26N2. The highest BCUT2D eigenvalue weighted by Crippen LogP contribution is 2.34. The molecule has 0 aliphatic carbocycles. The number of benzene rings is 1. The Balaban J connectivity index is 1.82. The molecule has 104 valence electrons. The fourth-order valence-corrected chi connectivity index (χ4v) is 3.67. The molecular weight excluding hydrogens is 232 g/mol. The van der Waals surface area contributed by atoms with Gasteiger partial charge >= 0.3 is 0 Å². The molecule has 2 heteroatoms. The van der Waals surface area contributed by atoms with Gasteiger partial charge in [-0.05, 0) is 49.1 Å². The van der Waals surface area contributed by atoms with Crippen molar-refractivity contribution in [1.29, 1.82) is 0 Å². The minimum absolute atomic E-state index is 0.630. The van der Waals surface area contributed by atoms with Crippen molar-refractivity contribution in [3.63, 3.8) is 0 Å². The summed E-state index contributed by atoms with van der Waals surface area (Å²) in [5.41, 5.74) is 4.48. The van der Waals surface area contributed by atoms with Crippen LogP contribution in [0.3, 0.4) is 0 Å². The lowest BCUT2D eigenvalue weighted by Crippen LogP contribution is -2.67. The first-order valence-electron chi connectivity index (χ1n) is 7.69. The second kappa shape index (κ2) is 4.82. The first-order chi connectivity index (χ1) is 9.10. The van der Waals surface area contributed by atoms with Crippen LogP contribution in [-0.4, -0.2) is 37.1 Å². The van der Waals surface area contributed by atoms with E-state index in [1.807, 2.05) is 0 Å². The van der Waals surface area contributed by atoms with E-state index >= 15 is 0 Å². The van der Waals surface area contributed by atoms with Crippen LogP contribution in [0, 0.1) is 0 Å². The third-order valence-electron chi connectivity index (χ3n) is 5.05. The molecule has 0 radical (unpaired) electrons. The van der Waals surface area contributed by atoms with Gasteiger partial charge in [-0.1, -0.05) is 26.8 Å². The van der Waals surface area contributed by atoms with Crippen LogP contribution in [0.4, 0.5) is 5.69 Å². The first kappa shape index (κ1) is 13.0. The molecule has 1 aromatic rings. The zero-order valence-electron chi connectivity index (χ0n) is 12.7. The van der Waals surface area contributed by atoms with Crippen LogP contribution in [0.15, 0.2) is 18.2 Å². The van der Waals surface area contributed by atoms with E-state index in [-0.39, 0.29) is 0 Å². The minimum atomic E-state index is 0.630. The molecule has 2 bridgehead atoms. The lowest BCUT2D eigenvalue weighted by Gasteiger charge is -2.55. The summed E-state index contributed by atoms with van der Waals surface area (Å²) in [5.74, 6) is 0.630. The molecule has 0 N–H and O–H groups in total. The van der Waals surface area contributed by atoms with Crippen molar-refractivity contribution in [3.8, 4) is 0 Å². The molecule has 4 rings (SSSR count). The molecule has 2 nitrogen and oxygen atoms in total. The summed E-state index contributed by atoms with van der Waals surface area (Å²) >= 11 is 0. The molecule has 3 aliphatic heterocycles. The maximum absolute atomic E-state index is 2.59. The number of piperidine rings is 1. The monoisotopic (exact) mass is 258 g/mol. The Morgan fingerprint density at radius 3 is 2.42 bits per heavy atom. The van der Waals surface area contributed by atoms with Gasteiger partial charge in [0.05, 0.1) is 0 Å². The van der Waals surface area contributed by atoms with E-state index in [2.05, 4.69) is 55.8 Å². The third kappa shape index (κ3) is 2.16. The fourth-order valence-electron chi connectivity index (χ4n) is 3.67. The van der Waals surface area contributed by atoms with Crippen molar-refractivity contribution in [2.24, 2.45) is 0 Å². The summed E-state index contributed by atoms with van der Waals surface area (Å²) in [4.78, 5) is 5.13. The topological polar surface area (TPSA) is 6.48 Å². The number of likely N-dealkylation sites (N-methyl/N-ethyl adjacent to an activating group) is 1. The van der Waals surface area contributed by atoms with Gasteiger partial charge in [0.15, 0.2) is 0 Å². The van der Waals surface area contributed by atoms with Crippen molar-refractivity contribution in [2.45, 2.75) is 51.6 Å². The number of anilines is 1. The lowest BCUT2D eigenvalue weighted by molar-refractivity contribution is 0.0264. The molecule has 0 saturated carbocycles. The number of nitrogens with zero attached hydrogens (tertiary/aromatic N) is 2. The maximum Gasteiger partial charge on any atom is 0.0370 e. The normalized spacial score (nSPS) is 26.7. The first-order valence-corrected chi connectivity index (χ1v) is 7.69. The largest absolute Gasteiger partial charge is 0.368 e. The molecule has 1 aromatic carbocycles. The smallest absolute Gasteiger partial charge is 0.0370 e. The summed E-state index contributed by atoms with van der Waals surface area (Å²) in [7, 11) is 2.27. The average Bonchev–Trinajstić information content (AvgIpc) is 2.45. The Morgan fingerprint density at radius 2 is 1.89 bits per heavy atom. The molecule has 0 aromatic heterocycles. The number of aryl methyl sites for hydroxylation is 1. The van der Waals surface area contributed by atoms with E-state index in [1.54, 1.807) is 0 Å². The minimum Gasteiger partial charge on any atom is -0.368 e. The van der Waals surface area contributed by atoms with Crippen LogP contribution < -0.4 is 4.90 Å². The molecule has 0 amide bonds. The predicted octanol–water partition coefficient (Wildman–Crippen LogP) is 3.27. The van der Waals surface area contributed by atoms with Crippen molar-refractivity contribution < 1.29 is 0 Å². The van der Waals surface area contributed by atoms with Crippen LogP contribution >= 0.6 is 0 Å². The second-order valence-corrected chi connectivity index (χ2v) is 6.51. The van der Waals surface area contributed by atoms with Gasteiger partial charge in [-0.3, -0.25) is 4.90 Å². The van der Waals surface area contributed by atoms with E-state index in [0.29, 0.717) is 5.92 Å². The summed E-state index contributed by atoms with van der Waals surface area (Å²) in [5, 5.41) is 0. The zero-order chi connectivity index (χ0) is 13.6. The number of rotatable bonds is 3. The highest BCUT2D eigenvalue weighted by molar-refractivity contribution is 5.53. The quantitative estimate of drug-likeness (QED) is 0.821. The average molecular weight is 258 g/mol. The molecule has 0 spiro atoms. The SMILES string of the molecule is CCc1cc(N2CC3CC(C2)N3C)ccc1C(C)C. The van der Waals surface area contributed by atoms with Gasteiger partial charge in [0.25, 0.3) is 0 Å². The van der Waals surface area contributed by atoms with Gasteiger partial charge in [-0.2, -0.15) is 0 Å². The summed E-state index contributed by atoms with van der Waals surface area (Å²) < 4.78 is 0. The Morgan fingerprint density at radius 1 is 1.21 bits per heavy atom. The summed E-state index contributed by atoms with van der Waals surface area (Å²) in [6.45, 7) is 9.26. The van der Waals surface area contributed by atoms with Crippen molar-refractivity contribution in [2.75, 3.05) is 25.0 Å². The van der Waals surface area contributed by atoms with Crippen LogP contribution in [-0.2, 0) is 6.42 Å². The van der Waals surface area contributed by atoms with Gasteiger partial charge in [0.1, 0.15) is 0 Å². The van der Waals surface area contributed by atoms with Crippen LogP contribution in [0.25, 0.3) is 0 Å². The summed E-state index contributed by atoms with van der Waals surface area (Å²) in [6.07, 6.45) is 2.54. The van der Waals surface area contributed by atoms with Crippen molar-refractivity contribution in [1.82, 2.24) is 4.90 Å². The van der Waals surface area contributed by atoms with Crippen LogP contribution in [0.2, 0.25) is 0 Å². The van der Waals surface area contributed by atoms with Gasteiger partial charge in [-0.25, -0.2) is 0 Å². The maximum atomic E-state index is 2.59. The van der Waals surface area contributed by atoms with Crippen LogP contribution in [0.5, 0.6) is 0 Å². The van der Waals surface area contributed by atoms with E-state index in [1.165, 1.54) is 36.3 Å². The molecule has 3 saturated heterocycles. The Kier molecular flexibility index (Phi) is 3.30. The Hall–Kier alpha value is -1.02. The highest BCUT2D eigenvalue weighted by atomic mass is 15.3. The van der Waals surface area contributed by atoms with E-state index < -0.39 is 0 Å². The zero-order valence-corrected chi connectivity index (χ0v) is 12.7. The molecule has 3 aliphatic rings. The number of piperazine rings is 1. The molecule has 3 heterocycles. The molecule has 2 unspecified atom stereocenters. The standard InChI is InChI=1S/C17H26N2/c1-5-13-8-14(6-7-17(13)12(2)3)19-10-15-9-16(11-19)18(15)4/h6-8,12,15-16H,5,9-11H2,1-4H3. The fraction of sp³-hybridized carbons (Fsp3) is 0.647. The van der Waals surface area contributed by atoms with Crippen molar-refractivity contribution in [3.05, 3.63) is 29.3 Å². The third-order valence-corrected chi connectivity index (χ3v) is 5.05. The Bertz CT molecular complexity index is 454. The van der Waals surface area contributed by atoms with Gasteiger partial charge in [-0.15, -0.1) is 0 Å². The van der Waals surface area contributed by atoms with Gasteiger partial charge < -0.3 is 4.90 Å². The molecule has 3 fully saturated rings. The second-order valence-electron chi connectivity index (χ2n) is 6.51. The number of fused-ring (bicyclic) bond motifs is 2. The summed E-state index contributed by atoms with van der Waals surface area (Å²) in [6, 6.07) is 8.68. The molecule has 19 heavy (non-hydrogen) atoms.